The Labute approximate surface area is 179 Å². The second kappa shape index (κ2) is 7.80. The maximum absolute atomic E-state index is 12.7. The van der Waals surface area contributed by atoms with E-state index in [1.807, 2.05) is 57.2 Å². The molecular weight excluding hydrogens is 402 g/mol. The molecule has 2 aliphatic heterocycles. The molecule has 156 valence electrons. The van der Waals surface area contributed by atoms with Gasteiger partial charge >= 0.3 is 0 Å². The molecule has 0 spiro atoms. The van der Waals surface area contributed by atoms with Gasteiger partial charge in [0.05, 0.1) is 17.2 Å². The molecule has 7 heteroatoms. The predicted molar refractivity (Wildman–Crippen MR) is 114 cm³/mol. The van der Waals surface area contributed by atoms with E-state index in [4.69, 9.17) is 9.47 Å². The number of hydrogen-bond acceptors (Lipinski definition) is 6. The van der Waals surface area contributed by atoms with Crippen molar-refractivity contribution in [2.24, 2.45) is 0 Å². The van der Waals surface area contributed by atoms with Crippen LogP contribution in [0, 0.1) is 13.8 Å². The summed E-state index contributed by atoms with van der Waals surface area (Å²) in [5, 5.41) is 1.61. The van der Waals surface area contributed by atoms with Crippen LogP contribution in [0.2, 0.25) is 0 Å². The van der Waals surface area contributed by atoms with E-state index >= 15 is 0 Å². The zero-order valence-electron chi connectivity index (χ0n) is 17.1. The van der Waals surface area contributed by atoms with E-state index in [9.17, 15) is 14.4 Å². The van der Waals surface area contributed by atoms with Gasteiger partial charge in [0.25, 0.3) is 5.24 Å². The number of amides is 2. The molecule has 1 saturated heterocycles. The molecule has 1 fully saturated rings. The van der Waals surface area contributed by atoms with E-state index in [2.05, 4.69) is 5.32 Å². The van der Waals surface area contributed by atoms with Crippen molar-refractivity contribution < 1.29 is 23.9 Å². The van der Waals surface area contributed by atoms with Gasteiger partial charge in [0.15, 0.2) is 5.78 Å². The zero-order chi connectivity index (χ0) is 21.5. The van der Waals surface area contributed by atoms with Crippen LogP contribution in [0.25, 0.3) is 0 Å². The Balaban J connectivity index is 1.40. The molecular formula is C23H23NO5S. The highest BCUT2D eigenvalue weighted by Gasteiger charge is 2.38. The lowest BCUT2D eigenvalue weighted by molar-refractivity contribution is -0.118. The minimum absolute atomic E-state index is 0.0667. The van der Waals surface area contributed by atoms with Gasteiger partial charge in [-0.2, -0.15) is 0 Å². The lowest BCUT2D eigenvalue weighted by atomic mass is 9.89. The van der Waals surface area contributed by atoms with Gasteiger partial charge in [-0.3, -0.25) is 19.7 Å². The molecule has 2 heterocycles. The van der Waals surface area contributed by atoms with Gasteiger partial charge in [-0.1, -0.05) is 30.0 Å². The van der Waals surface area contributed by atoms with E-state index in [1.54, 1.807) is 0 Å². The molecule has 1 N–H and O–H groups in total. The monoisotopic (exact) mass is 425 g/mol. The summed E-state index contributed by atoms with van der Waals surface area (Å²) in [5.74, 6) is 1.09. The quantitative estimate of drug-likeness (QED) is 0.780. The number of ether oxygens (including phenoxy) is 2. The van der Waals surface area contributed by atoms with Crippen molar-refractivity contribution in [2.75, 3.05) is 6.61 Å². The molecule has 30 heavy (non-hydrogen) atoms. The first-order valence-corrected chi connectivity index (χ1v) is 10.7. The molecule has 0 saturated carbocycles. The molecule has 0 aliphatic carbocycles. The number of imide groups is 1. The Morgan fingerprint density at radius 1 is 1.17 bits per heavy atom. The van der Waals surface area contributed by atoms with Crippen molar-refractivity contribution in [2.45, 2.75) is 44.5 Å². The lowest BCUT2D eigenvalue weighted by Crippen LogP contribution is -2.44. The minimum atomic E-state index is -0.748. The van der Waals surface area contributed by atoms with E-state index in [-0.39, 0.29) is 30.0 Å². The van der Waals surface area contributed by atoms with Gasteiger partial charge in [0, 0.05) is 0 Å². The number of hydrogen-bond donors (Lipinski definition) is 1. The summed E-state index contributed by atoms with van der Waals surface area (Å²) >= 11 is 1.02. The first kappa shape index (κ1) is 20.5. The summed E-state index contributed by atoms with van der Waals surface area (Å²) in [6, 6.07) is 11.3. The number of Topliss-reactive ketones (excluding diaryl/α,β-unsaturated/α-hetero) is 1. The molecule has 6 nitrogen and oxygen atoms in total. The molecule has 2 aromatic rings. The predicted octanol–water partition coefficient (Wildman–Crippen LogP) is 4.00. The number of benzene rings is 2. The fraction of sp³-hybridized carbons (Fsp3) is 0.348. The van der Waals surface area contributed by atoms with Crippen LogP contribution >= 0.6 is 11.8 Å². The third-order valence-electron chi connectivity index (χ3n) is 5.27. The van der Waals surface area contributed by atoms with Gasteiger partial charge in [0.2, 0.25) is 5.91 Å². The topological polar surface area (TPSA) is 81.7 Å². The number of thioether (sulfide) groups is 1. The maximum Gasteiger partial charge on any atom is 0.286 e. The first-order valence-electron chi connectivity index (χ1n) is 9.79. The van der Waals surface area contributed by atoms with E-state index in [0.717, 1.165) is 28.5 Å². The normalized spacial score (nSPS) is 23.0. The van der Waals surface area contributed by atoms with Crippen molar-refractivity contribution in [3.63, 3.8) is 0 Å². The molecule has 0 aromatic heterocycles. The number of carbonyl (C=O) groups is 3. The lowest BCUT2D eigenvalue weighted by Gasteiger charge is -2.35. The highest BCUT2D eigenvalue weighted by Crippen LogP contribution is 2.36. The van der Waals surface area contributed by atoms with Crippen LogP contribution in [0.5, 0.6) is 11.5 Å². The summed E-state index contributed by atoms with van der Waals surface area (Å²) in [4.78, 5) is 35.7. The number of rotatable bonds is 5. The first-order chi connectivity index (χ1) is 14.2. The smallest absolute Gasteiger partial charge is 0.286 e. The average molecular weight is 426 g/mol. The Hall–Kier alpha value is -2.80. The summed E-state index contributed by atoms with van der Waals surface area (Å²) in [5.41, 5.74) is 2.84. The molecule has 2 aliphatic rings. The molecule has 0 radical (unpaired) electrons. The Kier molecular flexibility index (Phi) is 5.32. The maximum atomic E-state index is 12.7. The summed E-state index contributed by atoms with van der Waals surface area (Å²) in [6.45, 7) is 6.03. The fourth-order valence-electron chi connectivity index (χ4n) is 3.88. The average Bonchev–Trinajstić information content (AvgIpc) is 2.97. The zero-order valence-corrected chi connectivity index (χ0v) is 17.9. The summed E-state index contributed by atoms with van der Waals surface area (Å²) in [7, 11) is 0. The molecule has 2 atom stereocenters. The number of ketones is 1. The third-order valence-corrected chi connectivity index (χ3v) is 6.25. The molecule has 2 unspecified atom stereocenters. The van der Waals surface area contributed by atoms with Crippen LogP contribution < -0.4 is 14.8 Å². The molecule has 2 aromatic carbocycles. The molecule has 2 amide bonds. The van der Waals surface area contributed by atoms with Gasteiger partial charge in [-0.05, 0) is 62.1 Å². The summed E-state index contributed by atoms with van der Waals surface area (Å²) < 4.78 is 12.1. The highest BCUT2D eigenvalue weighted by molar-refractivity contribution is 8.15. The number of fused-ring (bicyclic) bond motifs is 1. The van der Waals surface area contributed by atoms with Gasteiger partial charge in [-0.25, -0.2) is 0 Å². The number of aryl methyl sites for hydroxylation is 2. The second-order valence-electron chi connectivity index (χ2n) is 8.13. The van der Waals surface area contributed by atoms with E-state index < -0.39 is 10.9 Å². The van der Waals surface area contributed by atoms with Crippen LogP contribution in [0.1, 0.15) is 40.4 Å². The van der Waals surface area contributed by atoms with Crippen molar-refractivity contribution in [3.8, 4) is 11.5 Å². The minimum Gasteiger partial charge on any atom is -0.489 e. The Morgan fingerprint density at radius 2 is 1.90 bits per heavy atom. The number of nitrogens with one attached hydrogen (secondary N) is 1. The third kappa shape index (κ3) is 4.21. The SMILES string of the molecule is Cc1cc(C)c2c(c1)OC(C)(COc1ccc(CC3SC(=O)NC3=O)cc1)CC2=O. The highest BCUT2D eigenvalue weighted by atomic mass is 32.2. The van der Waals surface area contributed by atoms with E-state index in [0.29, 0.717) is 23.5 Å². The molecule has 0 bridgehead atoms. The van der Waals surface area contributed by atoms with Crippen molar-refractivity contribution in [1.82, 2.24) is 5.32 Å². The fourth-order valence-corrected chi connectivity index (χ4v) is 4.74. The Morgan fingerprint density at radius 3 is 2.57 bits per heavy atom. The van der Waals surface area contributed by atoms with Crippen molar-refractivity contribution >= 4 is 28.7 Å². The second-order valence-corrected chi connectivity index (χ2v) is 9.30. The van der Waals surface area contributed by atoms with Gasteiger partial charge in [0.1, 0.15) is 23.7 Å². The van der Waals surface area contributed by atoms with Gasteiger partial charge in [-0.15, -0.1) is 0 Å². The largest absolute Gasteiger partial charge is 0.489 e. The van der Waals surface area contributed by atoms with Crippen molar-refractivity contribution in [1.29, 1.82) is 0 Å². The van der Waals surface area contributed by atoms with Crippen LogP contribution in [0.4, 0.5) is 4.79 Å². The number of carbonyl (C=O) groups excluding carboxylic acids is 3. The van der Waals surface area contributed by atoms with Gasteiger partial charge < -0.3 is 9.47 Å². The van der Waals surface area contributed by atoms with Crippen LogP contribution in [-0.2, 0) is 11.2 Å². The van der Waals surface area contributed by atoms with Crippen LogP contribution in [0.3, 0.4) is 0 Å². The summed E-state index contributed by atoms with van der Waals surface area (Å²) in [6.07, 6.45) is 0.733. The standard InChI is InChI=1S/C23H23NO5S/c1-13-8-14(2)20-17(25)11-23(3,29-18(20)9-13)12-28-16-6-4-15(5-7-16)10-19-21(26)24-22(27)30-19/h4-9,19H,10-12H2,1-3H3,(H,24,26,27). The Bertz CT molecular complexity index is 1030. The van der Waals surface area contributed by atoms with Crippen LogP contribution in [0.15, 0.2) is 36.4 Å². The van der Waals surface area contributed by atoms with Crippen molar-refractivity contribution in [3.05, 3.63) is 58.7 Å². The van der Waals surface area contributed by atoms with E-state index in [1.165, 1.54) is 0 Å². The molecule has 4 rings (SSSR count). The van der Waals surface area contributed by atoms with Crippen LogP contribution in [-0.4, -0.2) is 34.4 Å².